The predicted molar refractivity (Wildman–Crippen MR) is 83.3 cm³/mol. The van der Waals surface area contributed by atoms with Crippen LogP contribution >= 0.6 is 23.2 Å². The largest absolute Gasteiger partial charge is 0.342 e. The van der Waals surface area contributed by atoms with Crippen molar-refractivity contribution < 1.29 is 9.59 Å². The lowest BCUT2D eigenvalue weighted by molar-refractivity contribution is -0.139. The molecule has 1 saturated heterocycles. The number of carbonyl (C=O) groups excluding carboxylic acids is 2. The maximum absolute atomic E-state index is 12.7. The zero-order valence-corrected chi connectivity index (χ0v) is 13.8. The quantitative estimate of drug-likeness (QED) is 0.907. The molecule has 0 bridgehead atoms. The van der Waals surface area contributed by atoms with E-state index in [1.807, 2.05) is 6.92 Å². The lowest BCUT2D eigenvalue weighted by atomic mass is 10.0. The fraction of sp³-hybridized carbons (Fsp3) is 0.467. The van der Waals surface area contributed by atoms with Crippen LogP contribution in [-0.2, 0) is 16.1 Å². The number of benzene rings is 1. The van der Waals surface area contributed by atoms with E-state index in [1.54, 1.807) is 36.9 Å². The molecule has 21 heavy (non-hydrogen) atoms. The Morgan fingerprint density at radius 3 is 2.43 bits per heavy atom. The Labute approximate surface area is 134 Å². The summed E-state index contributed by atoms with van der Waals surface area (Å²) in [6.07, 6.45) is 0.261. The molecule has 1 N–H and O–H groups in total. The smallest absolute Gasteiger partial charge is 0.248 e. The third-order valence-electron chi connectivity index (χ3n) is 3.65. The van der Waals surface area contributed by atoms with Gasteiger partial charge in [0.15, 0.2) is 0 Å². The molecule has 1 aromatic carbocycles. The number of amides is 2. The molecule has 1 unspecified atom stereocenters. The second-order valence-electron chi connectivity index (χ2n) is 5.86. The van der Waals surface area contributed by atoms with Crippen molar-refractivity contribution >= 4 is 35.0 Å². The van der Waals surface area contributed by atoms with Crippen LogP contribution in [0.3, 0.4) is 0 Å². The van der Waals surface area contributed by atoms with Gasteiger partial charge in [0.2, 0.25) is 11.8 Å². The van der Waals surface area contributed by atoms with Gasteiger partial charge in [-0.3, -0.25) is 9.59 Å². The number of rotatable bonds is 2. The van der Waals surface area contributed by atoms with Crippen molar-refractivity contribution in [3.8, 4) is 0 Å². The summed E-state index contributed by atoms with van der Waals surface area (Å²) >= 11 is 12.4. The van der Waals surface area contributed by atoms with Gasteiger partial charge in [-0.25, -0.2) is 0 Å². The topological polar surface area (TPSA) is 49.4 Å². The van der Waals surface area contributed by atoms with Gasteiger partial charge >= 0.3 is 0 Å². The first-order valence-corrected chi connectivity index (χ1v) is 7.53. The molecule has 1 aromatic rings. The Kier molecular flexibility index (Phi) is 4.49. The molecule has 2 amide bonds. The molecule has 1 fully saturated rings. The minimum Gasteiger partial charge on any atom is -0.342 e. The molecule has 0 radical (unpaired) electrons. The third-order valence-corrected chi connectivity index (χ3v) is 4.36. The predicted octanol–water partition coefficient (Wildman–Crippen LogP) is 3.01. The molecule has 2 rings (SSSR count). The van der Waals surface area contributed by atoms with Crippen molar-refractivity contribution in [2.24, 2.45) is 0 Å². The maximum Gasteiger partial charge on any atom is 0.248 e. The summed E-state index contributed by atoms with van der Waals surface area (Å²) in [5, 5.41) is 3.78. The van der Waals surface area contributed by atoms with Gasteiger partial charge < -0.3 is 10.2 Å². The van der Waals surface area contributed by atoms with Crippen molar-refractivity contribution in [2.45, 2.75) is 45.3 Å². The highest BCUT2D eigenvalue weighted by molar-refractivity contribution is 6.36. The maximum atomic E-state index is 12.7. The number of nitrogens with zero attached hydrogens (tertiary/aromatic N) is 1. The number of hydrogen-bond donors (Lipinski definition) is 1. The molecular formula is C15H18Cl2N2O2. The van der Waals surface area contributed by atoms with Crippen molar-refractivity contribution in [3.63, 3.8) is 0 Å². The number of carbonyl (C=O) groups is 2. The van der Waals surface area contributed by atoms with E-state index in [9.17, 15) is 9.59 Å². The Bertz CT molecular complexity index is 567. The first-order chi connectivity index (χ1) is 9.72. The van der Waals surface area contributed by atoms with Crippen LogP contribution in [0.4, 0.5) is 0 Å². The van der Waals surface area contributed by atoms with Gasteiger partial charge in [0.1, 0.15) is 5.54 Å². The summed E-state index contributed by atoms with van der Waals surface area (Å²) in [7, 11) is 0. The average molecular weight is 329 g/mol. The Morgan fingerprint density at radius 2 is 1.86 bits per heavy atom. The van der Waals surface area contributed by atoms with Gasteiger partial charge in [-0.1, -0.05) is 29.3 Å². The minimum absolute atomic E-state index is 0.131. The summed E-state index contributed by atoms with van der Waals surface area (Å²) in [5.41, 5.74) is -0.235. The van der Waals surface area contributed by atoms with E-state index < -0.39 is 5.54 Å². The van der Waals surface area contributed by atoms with Crippen molar-refractivity contribution in [3.05, 3.63) is 33.8 Å². The van der Waals surface area contributed by atoms with E-state index in [4.69, 9.17) is 23.2 Å². The lowest BCUT2D eigenvalue weighted by Crippen LogP contribution is -2.53. The average Bonchev–Trinajstić information content (AvgIpc) is 2.42. The van der Waals surface area contributed by atoms with Gasteiger partial charge in [0.05, 0.1) is 0 Å². The van der Waals surface area contributed by atoms with Crippen LogP contribution in [0.1, 0.15) is 32.8 Å². The van der Waals surface area contributed by atoms with Crippen LogP contribution < -0.4 is 5.32 Å². The van der Waals surface area contributed by atoms with Crippen LogP contribution in [0.15, 0.2) is 18.2 Å². The van der Waals surface area contributed by atoms with Gasteiger partial charge in [0.25, 0.3) is 0 Å². The third kappa shape index (κ3) is 3.33. The van der Waals surface area contributed by atoms with Crippen LogP contribution in [-0.4, -0.2) is 28.3 Å². The molecule has 1 atom stereocenters. The molecule has 6 heteroatoms. The van der Waals surface area contributed by atoms with E-state index in [0.29, 0.717) is 15.6 Å². The first-order valence-electron chi connectivity index (χ1n) is 6.77. The van der Waals surface area contributed by atoms with E-state index in [-0.39, 0.29) is 30.8 Å². The van der Waals surface area contributed by atoms with E-state index in [1.165, 1.54) is 0 Å². The molecule has 1 heterocycles. The van der Waals surface area contributed by atoms with Gasteiger partial charge in [-0.05, 0) is 32.9 Å². The molecular weight excluding hydrogens is 311 g/mol. The Morgan fingerprint density at radius 1 is 1.29 bits per heavy atom. The monoisotopic (exact) mass is 328 g/mol. The van der Waals surface area contributed by atoms with Gasteiger partial charge in [-0.15, -0.1) is 0 Å². The molecule has 0 aromatic heterocycles. The summed E-state index contributed by atoms with van der Waals surface area (Å²) in [6.45, 7) is 5.54. The molecule has 4 nitrogen and oxygen atoms in total. The van der Waals surface area contributed by atoms with Crippen LogP contribution in [0.2, 0.25) is 10.0 Å². The summed E-state index contributed by atoms with van der Waals surface area (Å²) in [6, 6.07) is 5.03. The molecule has 0 spiro atoms. The van der Waals surface area contributed by atoms with E-state index >= 15 is 0 Å². The first kappa shape index (κ1) is 16.1. The molecule has 0 saturated carbocycles. The Balaban J connectivity index is 2.36. The van der Waals surface area contributed by atoms with Crippen molar-refractivity contribution in [2.75, 3.05) is 0 Å². The second kappa shape index (κ2) is 5.85. The highest BCUT2D eigenvalue weighted by Crippen LogP contribution is 2.28. The SMILES string of the molecule is CC1CC(=O)NC(C)(C)C(=O)N1Cc1c(Cl)cccc1Cl. The fourth-order valence-electron chi connectivity index (χ4n) is 2.47. The zero-order chi connectivity index (χ0) is 15.8. The fourth-order valence-corrected chi connectivity index (χ4v) is 2.99. The normalized spacial score (nSPS) is 22.0. The van der Waals surface area contributed by atoms with Crippen LogP contribution in [0, 0.1) is 0 Å². The summed E-state index contributed by atoms with van der Waals surface area (Å²) < 4.78 is 0. The summed E-state index contributed by atoms with van der Waals surface area (Å²) in [4.78, 5) is 26.2. The van der Waals surface area contributed by atoms with Gasteiger partial charge in [-0.2, -0.15) is 0 Å². The second-order valence-corrected chi connectivity index (χ2v) is 6.67. The van der Waals surface area contributed by atoms with E-state index in [0.717, 1.165) is 0 Å². The number of hydrogen-bond acceptors (Lipinski definition) is 2. The van der Waals surface area contributed by atoms with Gasteiger partial charge in [0, 0.05) is 34.6 Å². The van der Waals surface area contributed by atoms with Crippen molar-refractivity contribution in [1.82, 2.24) is 10.2 Å². The highest BCUT2D eigenvalue weighted by Gasteiger charge is 2.39. The Hall–Kier alpha value is -1.26. The summed E-state index contributed by atoms with van der Waals surface area (Å²) in [5.74, 6) is -0.273. The molecule has 0 aliphatic carbocycles. The number of halogens is 2. The van der Waals surface area contributed by atoms with Crippen LogP contribution in [0.5, 0.6) is 0 Å². The molecule has 1 aliphatic heterocycles. The minimum atomic E-state index is -0.935. The highest BCUT2D eigenvalue weighted by atomic mass is 35.5. The van der Waals surface area contributed by atoms with E-state index in [2.05, 4.69) is 5.32 Å². The number of nitrogens with one attached hydrogen (secondary N) is 1. The molecule has 114 valence electrons. The lowest BCUT2D eigenvalue weighted by Gasteiger charge is -2.32. The zero-order valence-electron chi connectivity index (χ0n) is 12.2. The van der Waals surface area contributed by atoms with Crippen molar-refractivity contribution in [1.29, 1.82) is 0 Å². The molecule has 1 aliphatic rings. The standard InChI is InChI=1S/C15H18Cl2N2O2/c1-9-7-13(20)18-15(2,3)14(21)19(9)8-10-11(16)5-4-6-12(10)17/h4-6,9H,7-8H2,1-3H3,(H,18,20). The van der Waals surface area contributed by atoms with Crippen LogP contribution in [0.25, 0.3) is 0 Å².